The van der Waals surface area contributed by atoms with Gasteiger partial charge in [0.25, 0.3) is 0 Å². The number of carbonyl (C=O) groups is 1. The van der Waals surface area contributed by atoms with E-state index in [1.165, 1.54) is 0 Å². The van der Waals surface area contributed by atoms with Crippen LogP contribution in [0, 0.1) is 0 Å². The van der Waals surface area contributed by atoms with E-state index in [-0.39, 0.29) is 5.91 Å². The second kappa shape index (κ2) is 4.40. The maximum absolute atomic E-state index is 11.2. The molecule has 1 amide bonds. The number of nitrogens with one attached hydrogen (secondary N) is 1. The van der Waals surface area contributed by atoms with Gasteiger partial charge in [-0.25, -0.2) is 0 Å². The molecule has 1 aromatic rings. The van der Waals surface area contributed by atoms with Crippen LogP contribution in [0.15, 0.2) is 36.7 Å². The number of amides is 1. The van der Waals surface area contributed by atoms with Crippen LogP contribution in [-0.4, -0.2) is 10.9 Å². The van der Waals surface area contributed by atoms with Crippen LogP contribution in [0.3, 0.4) is 0 Å². The second-order valence-corrected chi connectivity index (χ2v) is 2.92. The largest absolute Gasteiger partial charge is 0.326 e. The van der Waals surface area contributed by atoms with E-state index in [4.69, 9.17) is 0 Å². The molecule has 1 N–H and O–H groups in total. The van der Waals surface area contributed by atoms with Crippen LogP contribution in [0.5, 0.6) is 0 Å². The summed E-state index contributed by atoms with van der Waals surface area (Å²) in [6, 6.07) is 3.49. The first-order chi connectivity index (χ1) is 6.18. The Morgan fingerprint density at radius 3 is 2.69 bits per heavy atom. The minimum absolute atomic E-state index is 0.0429. The molecular formula is C10H12N2O. The van der Waals surface area contributed by atoms with Crippen molar-refractivity contribution in [1.29, 1.82) is 0 Å². The lowest BCUT2D eigenvalue weighted by atomic mass is 10.2. The molecule has 1 heterocycles. The van der Waals surface area contributed by atoms with E-state index < -0.39 is 0 Å². The zero-order chi connectivity index (χ0) is 9.68. The van der Waals surface area contributed by atoms with Gasteiger partial charge in [-0.1, -0.05) is 12.2 Å². The van der Waals surface area contributed by atoms with E-state index in [1.54, 1.807) is 24.5 Å². The molecule has 3 heteroatoms. The average molecular weight is 176 g/mol. The number of pyridine rings is 1. The van der Waals surface area contributed by atoms with Crippen LogP contribution < -0.4 is 5.32 Å². The third-order valence-corrected chi connectivity index (χ3v) is 1.43. The van der Waals surface area contributed by atoms with Gasteiger partial charge in [-0.3, -0.25) is 9.78 Å². The summed E-state index contributed by atoms with van der Waals surface area (Å²) in [5, 5.41) is 2.73. The number of anilines is 1. The Hall–Kier alpha value is -1.64. The molecule has 0 aliphatic heterocycles. The summed E-state index contributed by atoms with van der Waals surface area (Å²) in [4.78, 5) is 15.1. The van der Waals surface area contributed by atoms with Gasteiger partial charge >= 0.3 is 0 Å². The standard InChI is InChI=1S/C10H12N2O/c1-8(2)7-10(13)12-9-3-5-11-6-4-9/h3-6H,1,7H2,2H3,(H,11,12,13). The van der Waals surface area contributed by atoms with Crippen LogP contribution in [0.4, 0.5) is 5.69 Å². The van der Waals surface area contributed by atoms with Crippen LogP contribution in [0.1, 0.15) is 13.3 Å². The summed E-state index contributed by atoms with van der Waals surface area (Å²) in [6.07, 6.45) is 3.63. The van der Waals surface area contributed by atoms with Crippen LogP contribution in [0.2, 0.25) is 0 Å². The molecular weight excluding hydrogens is 164 g/mol. The van der Waals surface area contributed by atoms with Gasteiger partial charge in [0.15, 0.2) is 0 Å². The van der Waals surface area contributed by atoms with Gasteiger partial charge in [0, 0.05) is 24.5 Å². The van der Waals surface area contributed by atoms with Crippen molar-refractivity contribution in [3.05, 3.63) is 36.7 Å². The van der Waals surface area contributed by atoms with Gasteiger partial charge < -0.3 is 5.32 Å². The summed E-state index contributed by atoms with van der Waals surface area (Å²) in [6.45, 7) is 5.49. The van der Waals surface area contributed by atoms with E-state index in [9.17, 15) is 4.79 Å². The van der Waals surface area contributed by atoms with Crippen LogP contribution >= 0.6 is 0 Å². The number of hydrogen-bond donors (Lipinski definition) is 1. The van der Waals surface area contributed by atoms with Crippen molar-refractivity contribution < 1.29 is 4.79 Å². The van der Waals surface area contributed by atoms with Gasteiger partial charge in [-0.05, 0) is 19.1 Å². The highest BCUT2D eigenvalue weighted by atomic mass is 16.1. The molecule has 68 valence electrons. The maximum Gasteiger partial charge on any atom is 0.228 e. The topological polar surface area (TPSA) is 42.0 Å². The van der Waals surface area contributed by atoms with Crippen molar-refractivity contribution in [3.8, 4) is 0 Å². The van der Waals surface area contributed by atoms with E-state index in [0.717, 1.165) is 11.3 Å². The molecule has 3 nitrogen and oxygen atoms in total. The number of rotatable bonds is 3. The van der Waals surface area contributed by atoms with Crippen molar-refractivity contribution in [2.24, 2.45) is 0 Å². The van der Waals surface area contributed by atoms with Crippen LogP contribution in [-0.2, 0) is 4.79 Å². The first-order valence-corrected chi connectivity index (χ1v) is 4.03. The second-order valence-electron chi connectivity index (χ2n) is 2.92. The zero-order valence-corrected chi connectivity index (χ0v) is 7.58. The molecule has 1 aromatic heterocycles. The molecule has 0 aliphatic rings. The molecule has 0 unspecified atom stereocenters. The maximum atomic E-state index is 11.2. The van der Waals surface area contributed by atoms with Crippen molar-refractivity contribution in [1.82, 2.24) is 4.98 Å². The molecule has 0 bridgehead atoms. The Bertz CT molecular complexity index is 306. The highest BCUT2D eigenvalue weighted by Gasteiger charge is 2.00. The van der Waals surface area contributed by atoms with Gasteiger partial charge in [-0.2, -0.15) is 0 Å². The summed E-state index contributed by atoms with van der Waals surface area (Å²) < 4.78 is 0. The molecule has 0 saturated carbocycles. The van der Waals surface area contributed by atoms with Gasteiger partial charge in [0.05, 0.1) is 0 Å². The average Bonchev–Trinajstić information content (AvgIpc) is 2.04. The lowest BCUT2D eigenvalue weighted by Gasteiger charge is -2.03. The highest BCUT2D eigenvalue weighted by Crippen LogP contribution is 2.05. The fourth-order valence-corrected chi connectivity index (χ4v) is 0.915. The Labute approximate surface area is 77.5 Å². The van der Waals surface area contributed by atoms with Crippen molar-refractivity contribution in [2.75, 3.05) is 5.32 Å². The fourth-order valence-electron chi connectivity index (χ4n) is 0.915. The van der Waals surface area contributed by atoms with Gasteiger partial charge in [0.1, 0.15) is 0 Å². The van der Waals surface area contributed by atoms with Crippen molar-refractivity contribution in [2.45, 2.75) is 13.3 Å². The molecule has 0 fully saturated rings. The molecule has 0 aliphatic carbocycles. The summed E-state index contributed by atoms with van der Waals surface area (Å²) in [5.41, 5.74) is 1.62. The Kier molecular flexibility index (Phi) is 3.20. The predicted octanol–water partition coefficient (Wildman–Crippen LogP) is 1.99. The van der Waals surface area contributed by atoms with Crippen LogP contribution in [0.25, 0.3) is 0 Å². The smallest absolute Gasteiger partial charge is 0.228 e. The quantitative estimate of drug-likeness (QED) is 0.715. The minimum Gasteiger partial charge on any atom is -0.326 e. The Balaban J connectivity index is 2.50. The lowest BCUT2D eigenvalue weighted by molar-refractivity contribution is -0.115. The van der Waals surface area contributed by atoms with E-state index >= 15 is 0 Å². The third-order valence-electron chi connectivity index (χ3n) is 1.43. The predicted molar refractivity (Wildman–Crippen MR) is 52.3 cm³/mol. The number of nitrogens with zero attached hydrogens (tertiary/aromatic N) is 1. The summed E-state index contributed by atoms with van der Waals surface area (Å²) >= 11 is 0. The monoisotopic (exact) mass is 176 g/mol. The van der Waals surface area contributed by atoms with Gasteiger partial charge in [0.2, 0.25) is 5.91 Å². The summed E-state index contributed by atoms with van der Waals surface area (Å²) in [5.74, 6) is -0.0429. The normalized spacial score (nSPS) is 9.31. The third kappa shape index (κ3) is 3.51. The Morgan fingerprint density at radius 1 is 1.54 bits per heavy atom. The molecule has 13 heavy (non-hydrogen) atoms. The molecule has 0 atom stereocenters. The van der Waals surface area contributed by atoms with Gasteiger partial charge in [-0.15, -0.1) is 0 Å². The first kappa shape index (κ1) is 9.45. The first-order valence-electron chi connectivity index (χ1n) is 4.03. The van der Waals surface area contributed by atoms with Crippen molar-refractivity contribution >= 4 is 11.6 Å². The molecule has 0 radical (unpaired) electrons. The molecule has 0 aromatic carbocycles. The van der Waals surface area contributed by atoms with Crippen molar-refractivity contribution in [3.63, 3.8) is 0 Å². The Morgan fingerprint density at radius 2 is 2.15 bits per heavy atom. The zero-order valence-electron chi connectivity index (χ0n) is 7.58. The lowest BCUT2D eigenvalue weighted by Crippen LogP contribution is -2.11. The molecule has 0 saturated heterocycles. The van der Waals surface area contributed by atoms with E-state index in [2.05, 4.69) is 16.9 Å². The SMILES string of the molecule is C=C(C)CC(=O)Nc1ccncc1. The fraction of sp³-hybridized carbons (Fsp3) is 0.200. The molecule has 0 spiro atoms. The van der Waals surface area contributed by atoms with E-state index in [1.807, 2.05) is 6.92 Å². The number of carbonyl (C=O) groups excluding carboxylic acids is 1. The minimum atomic E-state index is -0.0429. The number of aromatic nitrogens is 1. The number of hydrogen-bond acceptors (Lipinski definition) is 2. The van der Waals surface area contributed by atoms with E-state index in [0.29, 0.717) is 6.42 Å². The summed E-state index contributed by atoms with van der Waals surface area (Å²) in [7, 11) is 0. The molecule has 1 rings (SSSR count). The highest BCUT2D eigenvalue weighted by molar-refractivity contribution is 5.91.